The van der Waals surface area contributed by atoms with Crippen LogP contribution in [-0.4, -0.2) is 45.0 Å². The first kappa shape index (κ1) is 30.3. The molecule has 2 aromatic heterocycles. The predicted molar refractivity (Wildman–Crippen MR) is 145 cm³/mol. The van der Waals surface area contributed by atoms with Crippen molar-refractivity contribution in [3.05, 3.63) is 93.2 Å². The Morgan fingerprint density at radius 2 is 1.80 bits per heavy atom. The van der Waals surface area contributed by atoms with Crippen LogP contribution >= 0.6 is 23.2 Å². The number of hydrogen-bond donors (Lipinski definition) is 2. The van der Waals surface area contributed by atoms with E-state index in [1.54, 1.807) is 42.7 Å². The van der Waals surface area contributed by atoms with Crippen LogP contribution in [0, 0.1) is 30.2 Å². The minimum Gasteiger partial charge on any atom is -0.478 e. The zero-order valence-corrected chi connectivity index (χ0v) is 23.1. The lowest BCUT2D eigenvalue weighted by Gasteiger charge is -2.18. The van der Waals surface area contributed by atoms with Gasteiger partial charge in [0.2, 0.25) is 11.8 Å². The molecule has 0 bridgehead atoms. The summed E-state index contributed by atoms with van der Waals surface area (Å²) in [7, 11) is 0. The fourth-order valence-electron chi connectivity index (χ4n) is 4.01. The first-order valence-electron chi connectivity index (χ1n) is 12.4. The van der Waals surface area contributed by atoms with Gasteiger partial charge in [-0.25, -0.2) is 22.2 Å². The molecule has 41 heavy (non-hydrogen) atoms. The molecule has 0 spiro atoms. The monoisotopic (exact) mass is 610 g/mol. The molecule has 2 heterocycles. The quantitative estimate of drug-likeness (QED) is 0.124. The smallest absolute Gasteiger partial charge is 0.220 e. The lowest BCUT2D eigenvalue weighted by atomic mass is 10.0. The topological polar surface area (TPSA) is 89.3 Å². The number of aliphatic hydroxyl groups is 1. The molecule has 1 amide bonds. The van der Waals surface area contributed by atoms with Crippen molar-refractivity contribution in [2.45, 2.75) is 32.2 Å². The number of carbonyl (C=O) groups excluding carboxylic acids is 1. The highest BCUT2D eigenvalue weighted by atomic mass is 35.5. The van der Waals surface area contributed by atoms with Crippen LogP contribution in [0.25, 0.3) is 16.9 Å². The Kier molecular flexibility index (Phi) is 9.85. The molecule has 0 saturated heterocycles. The van der Waals surface area contributed by atoms with Gasteiger partial charge in [-0.05, 0) is 43.7 Å². The Morgan fingerprint density at radius 1 is 1.07 bits per heavy atom. The van der Waals surface area contributed by atoms with Gasteiger partial charge in [0.1, 0.15) is 0 Å². The van der Waals surface area contributed by atoms with Crippen molar-refractivity contribution >= 4 is 29.1 Å². The second kappa shape index (κ2) is 13.3. The highest BCUT2D eigenvalue weighted by Crippen LogP contribution is 2.30. The Balaban J connectivity index is 1.40. The normalized spacial score (nSPS) is 11.9. The van der Waals surface area contributed by atoms with Crippen LogP contribution in [0.3, 0.4) is 0 Å². The van der Waals surface area contributed by atoms with Crippen LogP contribution in [0.2, 0.25) is 10.0 Å². The molecular formula is C28H24Cl2F4N4O3. The van der Waals surface area contributed by atoms with Crippen LogP contribution in [0.15, 0.2) is 48.8 Å². The van der Waals surface area contributed by atoms with Crippen molar-refractivity contribution < 1.29 is 32.2 Å². The third-order valence-corrected chi connectivity index (χ3v) is 6.93. The largest absolute Gasteiger partial charge is 0.478 e. The molecule has 216 valence electrons. The summed E-state index contributed by atoms with van der Waals surface area (Å²) in [5.74, 6) is -6.38. The summed E-state index contributed by atoms with van der Waals surface area (Å²) in [5, 5.41) is 17.3. The van der Waals surface area contributed by atoms with Gasteiger partial charge in [0.15, 0.2) is 23.3 Å². The highest BCUT2D eigenvalue weighted by molar-refractivity contribution is 6.42. The molecule has 0 fully saturated rings. The van der Waals surface area contributed by atoms with Crippen molar-refractivity contribution in [1.82, 2.24) is 20.1 Å². The predicted octanol–water partition coefficient (Wildman–Crippen LogP) is 5.98. The minimum absolute atomic E-state index is 0.0749. The van der Waals surface area contributed by atoms with E-state index < -0.39 is 59.4 Å². The molecule has 0 radical (unpaired) electrons. The van der Waals surface area contributed by atoms with E-state index in [4.69, 9.17) is 27.9 Å². The number of nitrogens with one attached hydrogen (secondary N) is 1. The molecule has 0 aliphatic heterocycles. The van der Waals surface area contributed by atoms with Gasteiger partial charge < -0.3 is 15.2 Å². The molecule has 7 nitrogen and oxygen atoms in total. The zero-order chi connectivity index (χ0) is 29.7. The van der Waals surface area contributed by atoms with Gasteiger partial charge in [-0.1, -0.05) is 23.2 Å². The standard InChI is InChI=1S/C28H24Cl2F4N4O3/c1-15-25(31)27(33)19(28(34)26(15)32)10-17(14-39)36-23(40)5-3-9-41-24-12-22(16-4-2-8-35-13-16)37-38(24)18-6-7-20(29)21(30)11-18/h2,4,6-8,11-13,17,39H,3,5,9-10,14H2,1H3,(H,36,40)/t17-/m0/s1. The Bertz CT molecular complexity index is 1520. The number of nitrogens with zero attached hydrogens (tertiary/aromatic N) is 3. The number of aromatic nitrogens is 3. The van der Waals surface area contributed by atoms with Gasteiger partial charge in [0.25, 0.3) is 0 Å². The van der Waals surface area contributed by atoms with E-state index in [0.29, 0.717) is 27.3 Å². The van der Waals surface area contributed by atoms with E-state index in [2.05, 4.69) is 15.4 Å². The van der Waals surface area contributed by atoms with Crippen molar-refractivity contribution in [3.8, 4) is 22.8 Å². The number of ether oxygens (including phenoxy) is 1. The van der Waals surface area contributed by atoms with Gasteiger partial charge >= 0.3 is 0 Å². The second-order valence-electron chi connectivity index (χ2n) is 9.08. The zero-order valence-electron chi connectivity index (χ0n) is 21.6. The second-order valence-corrected chi connectivity index (χ2v) is 9.90. The average molecular weight is 611 g/mol. The van der Waals surface area contributed by atoms with Crippen molar-refractivity contribution in [2.75, 3.05) is 13.2 Å². The van der Waals surface area contributed by atoms with Crippen LogP contribution < -0.4 is 10.1 Å². The maximum atomic E-state index is 14.2. The van der Waals surface area contributed by atoms with Gasteiger partial charge in [0.05, 0.1) is 40.7 Å². The third kappa shape index (κ3) is 6.98. The molecule has 2 aromatic carbocycles. The van der Waals surface area contributed by atoms with Gasteiger partial charge in [-0.2, -0.15) is 5.10 Å². The summed E-state index contributed by atoms with van der Waals surface area (Å²) in [5.41, 5.74) is 0.212. The summed E-state index contributed by atoms with van der Waals surface area (Å²) in [6.07, 6.45) is 2.77. The summed E-state index contributed by atoms with van der Waals surface area (Å²) >= 11 is 12.2. The molecule has 0 unspecified atom stereocenters. The Morgan fingerprint density at radius 3 is 2.44 bits per heavy atom. The molecule has 13 heteroatoms. The van der Waals surface area contributed by atoms with Crippen LogP contribution in [0.1, 0.15) is 24.0 Å². The van der Waals surface area contributed by atoms with Gasteiger partial charge in [0, 0.05) is 48.0 Å². The number of pyridine rings is 1. The first-order chi connectivity index (χ1) is 19.6. The van der Waals surface area contributed by atoms with E-state index in [-0.39, 0.29) is 19.4 Å². The van der Waals surface area contributed by atoms with Crippen LogP contribution in [0.4, 0.5) is 17.6 Å². The van der Waals surface area contributed by atoms with Crippen molar-refractivity contribution in [2.24, 2.45) is 0 Å². The Hall–Kier alpha value is -3.67. The average Bonchev–Trinajstić information content (AvgIpc) is 3.41. The maximum absolute atomic E-state index is 14.2. The number of benzene rings is 2. The number of hydrogen-bond acceptors (Lipinski definition) is 5. The van der Waals surface area contributed by atoms with E-state index in [1.165, 1.54) is 4.68 Å². The van der Waals surface area contributed by atoms with Gasteiger partial charge in [-0.3, -0.25) is 9.78 Å². The van der Waals surface area contributed by atoms with E-state index in [1.807, 2.05) is 6.07 Å². The maximum Gasteiger partial charge on any atom is 0.220 e. The molecule has 0 saturated carbocycles. The molecule has 2 N–H and O–H groups in total. The van der Waals surface area contributed by atoms with Crippen molar-refractivity contribution in [1.29, 1.82) is 0 Å². The number of carbonyl (C=O) groups is 1. The van der Waals surface area contributed by atoms with Crippen molar-refractivity contribution in [3.63, 3.8) is 0 Å². The molecule has 4 aromatic rings. The van der Waals surface area contributed by atoms with E-state index >= 15 is 0 Å². The van der Waals surface area contributed by atoms with Crippen LogP contribution in [0.5, 0.6) is 5.88 Å². The highest BCUT2D eigenvalue weighted by Gasteiger charge is 2.25. The summed E-state index contributed by atoms with van der Waals surface area (Å²) in [4.78, 5) is 16.6. The molecular weight excluding hydrogens is 587 g/mol. The van der Waals surface area contributed by atoms with E-state index in [9.17, 15) is 27.5 Å². The van der Waals surface area contributed by atoms with Crippen LogP contribution in [-0.2, 0) is 11.2 Å². The lowest BCUT2D eigenvalue weighted by molar-refractivity contribution is -0.122. The van der Waals surface area contributed by atoms with Gasteiger partial charge in [-0.15, -0.1) is 0 Å². The fraction of sp³-hybridized carbons (Fsp3) is 0.250. The fourth-order valence-corrected chi connectivity index (χ4v) is 4.30. The minimum atomic E-state index is -1.56. The molecule has 0 aliphatic rings. The first-order valence-corrected chi connectivity index (χ1v) is 13.2. The van der Waals surface area contributed by atoms with E-state index in [0.717, 1.165) is 12.5 Å². The summed E-state index contributed by atoms with van der Waals surface area (Å²) < 4.78 is 63.7. The number of halogens is 6. The molecule has 4 rings (SSSR count). The number of rotatable bonds is 11. The Labute approximate surface area is 242 Å². The number of amides is 1. The summed E-state index contributed by atoms with van der Waals surface area (Å²) in [6, 6.07) is 9.07. The summed E-state index contributed by atoms with van der Waals surface area (Å²) in [6.45, 7) is 0.276. The molecule has 0 aliphatic carbocycles. The SMILES string of the molecule is Cc1c(F)c(F)c(C[C@@H](CO)NC(=O)CCCOc2cc(-c3cccnc3)nn2-c2ccc(Cl)c(Cl)c2)c(F)c1F. The third-order valence-electron chi connectivity index (χ3n) is 6.19. The molecule has 1 atom stereocenters. The lowest BCUT2D eigenvalue weighted by Crippen LogP contribution is -2.39. The number of aliphatic hydroxyl groups excluding tert-OH is 1.